The van der Waals surface area contributed by atoms with Gasteiger partial charge in [-0.2, -0.15) is 0 Å². The molecule has 1 aromatic carbocycles. The molecule has 5 nitrogen and oxygen atoms in total. The molecule has 0 radical (unpaired) electrons. The first-order valence-corrected chi connectivity index (χ1v) is 6.20. The van der Waals surface area contributed by atoms with Crippen LogP contribution in [0.15, 0.2) is 28.8 Å². The number of carbonyl (C=O) groups is 1. The summed E-state index contributed by atoms with van der Waals surface area (Å²) in [7, 11) is 0. The summed E-state index contributed by atoms with van der Waals surface area (Å²) in [6, 6.07) is 7.30. The number of hydrogen-bond acceptors (Lipinski definition) is 3. The highest BCUT2D eigenvalue weighted by atomic mass is 16.5. The number of para-hydroxylation sites is 1. The van der Waals surface area contributed by atoms with Gasteiger partial charge in [-0.15, -0.1) is 0 Å². The van der Waals surface area contributed by atoms with Crippen molar-refractivity contribution in [3.63, 3.8) is 0 Å². The van der Waals surface area contributed by atoms with Gasteiger partial charge in [-0.1, -0.05) is 30.3 Å². The van der Waals surface area contributed by atoms with Crippen molar-refractivity contribution in [2.75, 3.05) is 10.6 Å². The number of aryl methyl sites for hydroxylation is 3. The molecule has 0 fully saturated rings. The van der Waals surface area contributed by atoms with Gasteiger partial charge in [0.15, 0.2) is 5.82 Å². The van der Waals surface area contributed by atoms with Gasteiger partial charge in [0.25, 0.3) is 0 Å². The van der Waals surface area contributed by atoms with E-state index in [1.165, 1.54) is 0 Å². The second-order valence-electron chi connectivity index (χ2n) is 4.36. The third-order valence-corrected chi connectivity index (χ3v) is 2.85. The number of aromatic nitrogens is 1. The fraction of sp³-hybridized carbons (Fsp3) is 0.286. The highest BCUT2D eigenvalue weighted by Gasteiger charge is 2.10. The molecule has 0 spiro atoms. The maximum atomic E-state index is 11.9. The number of carbonyl (C=O) groups excluding carboxylic acids is 1. The van der Waals surface area contributed by atoms with Crippen LogP contribution in [0.5, 0.6) is 0 Å². The molecule has 19 heavy (non-hydrogen) atoms. The lowest BCUT2D eigenvalue weighted by Crippen LogP contribution is -2.21. The van der Waals surface area contributed by atoms with Gasteiger partial charge in [0.05, 0.1) is 0 Å². The number of nitrogens with zero attached hydrogens (tertiary/aromatic N) is 1. The van der Waals surface area contributed by atoms with Crippen LogP contribution >= 0.6 is 0 Å². The first kappa shape index (κ1) is 13.1. The Bertz CT molecular complexity index is 590. The van der Waals surface area contributed by atoms with Crippen molar-refractivity contribution < 1.29 is 9.32 Å². The van der Waals surface area contributed by atoms with E-state index < -0.39 is 0 Å². The molecule has 2 rings (SSSR count). The van der Waals surface area contributed by atoms with E-state index in [2.05, 4.69) is 22.7 Å². The van der Waals surface area contributed by atoms with Crippen LogP contribution in [0.1, 0.15) is 23.8 Å². The summed E-state index contributed by atoms with van der Waals surface area (Å²) in [5.41, 5.74) is 2.99. The van der Waals surface area contributed by atoms with Crippen molar-refractivity contribution >= 4 is 17.5 Å². The van der Waals surface area contributed by atoms with E-state index in [1.807, 2.05) is 25.1 Å². The largest absolute Gasteiger partial charge is 0.360 e. The van der Waals surface area contributed by atoms with Crippen molar-refractivity contribution in [1.82, 2.24) is 5.16 Å². The summed E-state index contributed by atoms with van der Waals surface area (Å²) >= 11 is 0. The van der Waals surface area contributed by atoms with Crippen molar-refractivity contribution in [3.8, 4) is 0 Å². The fourth-order valence-electron chi connectivity index (χ4n) is 1.89. The molecule has 2 N–H and O–H groups in total. The van der Waals surface area contributed by atoms with Crippen molar-refractivity contribution in [2.24, 2.45) is 0 Å². The lowest BCUT2D eigenvalue weighted by atomic mass is 10.1. The molecule has 0 atom stereocenters. The molecule has 0 saturated heterocycles. The van der Waals surface area contributed by atoms with Crippen LogP contribution in [0.25, 0.3) is 0 Å². The Hall–Kier alpha value is -2.30. The van der Waals surface area contributed by atoms with E-state index >= 15 is 0 Å². The molecule has 2 aromatic rings. The van der Waals surface area contributed by atoms with Crippen LogP contribution in [0.2, 0.25) is 0 Å². The molecule has 0 aliphatic rings. The first-order chi connectivity index (χ1) is 9.10. The minimum Gasteiger partial charge on any atom is -0.360 e. The standard InChI is InChI=1S/C14H17N3O2/c1-4-11-7-5-6-9(2)13(11)16-14(18)15-12-8-10(3)19-17-12/h5-8H,4H2,1-3H3,(H2,15,16,17,18). The molecule has 0 aliphatic carbocycles. The molecular formula is C14H17N3O2. The number of amides is 2. The summed E-state index contributed by atoms with van der Waals surface area (Å²) < 4.78 is 4.89. The molecule has 0 bridgehead atoms. The van der Waals surface area contributed by atoms with Crippen LogP contribution in [0.3, 0.4) is 0 Å². The molecule has 100 valence electrons. The Labute approximate surface area is 112 Å². The highest BCUT2D eigenvalue weighted by molar-refractivity contribution is 6.00. The number of rotatable bonds is 3. The molecule has 1 heterocycles. The van der Waals surface area contributed by atoms with Crippen molar-refractivity contribution in [1.29, 1.82) is 0 Å². The van der Waals surface area contributed by atoms with Crippen LogP contribution < -0.4 is 10.6 Å². The lowest BCUT2D eigenvalue weighted by molar-refractivity contribution is 0.262. The zero-order valence-corrected chi connectivity index (χ0v) is 11.3. The van der Waals surface area contributed by atoms with Crippen LogP contribution in [-0.2, 0) is 6.42 Å². The minimum absolute atomic E-state index is 0.322. The number of hydrogen-bond donors (Lipinski definition) is 2. The zero-order valence-electron chi connectivity index (χ0n) is 11.3. The van der Waals surface area contributed by atoms with Gasteiger partial charge in [-0.25, -0.2) is 4.79 Å². The van der Waals surface area contributed by atoms with E-state index in [1.54, 1.807) is 13.0 Å². The van der Waals surface area contributed by atoms with Gasteiger partial charge in [0, 0.05) is 11.8 Å². The Morgan fingerprint density at radius 1 is 1.32 bits per heavy atom. The summed E-state index contributed by atoms with van der Waals surface area (Å²) in [5.74, 6) is 1.06. The van der Waals surface area contributed by atoms with E-state index in [0.717, 1.165) is 23.2 Å². The van der Waals surface area contributed by atoms with Gasteiger partial charge in [0.1, 0.15) is 5.76 Å². The second-order valence-corrected chi connectivity index (χ2v) is 4.36. The Morgan fingerprint density at radius 2 is 2.11 bits per heavy atom. The van der Waals surface area contributed by atoms with Gasteiger partial charge in [-0.3, -0.25) is 5.32 Å². The summed E-state index contributed by atoms with van der Waals surface area (Å²) in [6.45, 7) is 5.79. The number of urea groups is 1. The van der Waals surface area contributed by atoms with Crippen LogP contribution in [0, 0.1) is 13.8 Å². The SMILES string of the molecule is CCc1cccc(C)c1NC(=O)Nc1cc(C)on1. The first-order valence-electron chi connectivity index (χ1n) is 6.20. The lowest BCUT2D eigenvalue weighted by Gasteiger charge is -2.12. The maximum absolute atomic E-state index is 11.9. The molecule has 0 unspecified atom stereocenters. The molecule has 1 aromatic heterocycles. The fourth-order valence-corrected chi connectivity index (χ4v) is 1.89. The molecule has 5 heteroatoms. The number of anilines is 2. The third-order valence-electron chi connectivity index (χ3n) is 2.85. The summed E-state index contributed by atoms with van der Waals surface area (Å²) in [5, 5.41) is 9.21. The Kier molecular flexibility index (Phi) is 3.85. The molecule has 0 saturated carbocycles. The zero-order chi connectivity index (χ0) is 13.8. The second kappa shape index (κ2) is 5.56. The predicted molar refractivity (Wildman–Crippen MR) is 74.4 cm³/mol. The van der Waals surface area contributed by atoms with Crippen molar-refractivity contribution in [2.45, 2.75) is 27.2 Å². The van der Waals surface area contributed by atoms with E-state index in [4.69, 9.17) is 4.52 Å². The smallest absolute Gasteiger partial charge is 0.324 e. The Morgan fingerprint density at radius 3 is 2.74 bits per heavy atom. The molecule has 2 amide bonds. The van der Waals surface area contributed by atoms with Gasteiger partial charge in [0.2, 0.25) is 0 Å². The van der Waals surface area contributed by atoms with Gasteiger partial charge < -0.3 is 9.84 Å². The van der Waals surface area contributed by atoms with Crippen LogP contribution in [0.4, 0.5) is 16.3 Å². The summed E-state index contributed by atoms with van der Waals surface area (Å²) in [4.78, 5) is 11.9. The number of nitrogens with one attached hydrogen (secondary N) is 2. The van der Waals surface area contributed by atoms with Gasteiger partial charge in [-0.05, 0) is 31.4 Å². The highest BCUT2D eigenvalue weighted by Crippen LogP contribution is 2.21. The monoisotopic (exact) mass is 259 g/mol. The van der Waals surface area contributed by atoms with E-state index in [0.29, 0.717) is 11.6 Å². The topological polar surface area (TPSA) is 67.2 Å². The normalized spacial score (nSPS) is 10.3. The van der Waals surface area contributed by atoms with E-state index in [9.17, 15) is 4.79 Å². The average molecular weight is 259 g/mol. The van der Waals surface area contributed by atoms with Crippen LogP contribution in [-0.4, -0.2) is 11.2 Å². The van der Waals surface area contributed by atoms with Crippen molar-refractivity contribution in [3.05, 3.63) is 41.2 Å². The van der Waals surface area contributed by atoms with E-state index in [-0.39, 0.29) is 6.03 Å². The predicted octanol–water partition coefficient (Wildman–Crippen LogP) is 3.50. The minimum atomic E-state index is -0.322. The maximum Gasteiger partial charge on any atom is 0.324 e. The molecular weight excluding hydrogens is 242 g/mol. The quantitative estimate of drug-likeness (QED) is 0.886. The average Bonchev–Trinajstić information content (AvgIpc) is 2.77. The Balaban J connectivity index is 2.11. The van der Waals surface area contributed by atoms with Gasteiger partial charge >= 0.3 is 6.03 Å². The summed E-state index contributed by atoms with van der Waals surface area (Å²) in [6.07, 6.45) is 0.861. The number of benzene rings is 1. The third kappa shape index (κ3) is 3.13. The molecule has 0 aliphatic heterocycles.